The zero-order valence-electron chi connectivity index (χ0n) is 18.1. The molecule has 2 aliphatic carbocycles. The molecule has 0 radical (unpaired) electrons. The molecule has 2 saturated carbocycles. The highest BCUT2D eigenvalue weighted by atomic mass is 32.1. The van der Waals surface area contributed by atoms with E-state index in [-0.39, 0.29) is 16.4 Å². The smallest absolute Gasteiger partial charge is 0.348 e. The summed E-state index contributed by atoms with van der Waals surface area (Å²) >= 11 is 1.02. The van der Waals surface area contributed by atoms with Gasteiger partial charge in [0.25, 0.3) is 0 Å². The maximum absolute atomic E-state index is 12.8. The lowest BCUT2D eigenvalue weighted by Crippen LogP contribution is -2.40. The van der Waals surface area contributed by atoms with Crippen LogP contribution in [0, 0.1) is 23.1 Å². The molecule has 3 unspecified atom stereocenters. The molecule has 0 saturated heterocycles. The monoisotopic (exact) mass is 424 g/mol. The molecule has 0 aliphatic heterocycles. The van der Waals surface area contributed by atoms with Crippen molar-refractivity contribution in [3.63, 3.8) is 0 Å². The van der Waals surface area contributed by atoms with E-state index in [4.69, 9.17) is 5.11 Å². The van der Waals surface area contributed by atoms with Crippen molar-refractivity contribution in [2.75, 3.05) is 0 Å². The molecule has 3 atom stereocenters. The van der Waals surface area contributed by atoms with Gasteiger partial charge in [0.2, 0.25) is 0 Å². The lowest BCUT2D eigenvalue weighted by atomic mass is 9.63. The minimum atomic E-state index is -1.18. The van der Waals surface area contributed by atoms with E-state index in [1.54, 1.807) is 0 Å². The van der Waals surface area contributed by atoms with Crippen molar-refractivity contribution < 1.29 is 19.4 Å². The summed E-state index contributed by atoms with van der Waals surface area (Å²) in [4.78, 5) is 11.0. The quantitative estimate of drug-likeness (QED) is 0.449. The van der Waals surface area contributed by atoms with Crippen LogP contribution in [0.2, 0.25) is 0 Å². The number of thiophene rings is 1. The van der Waals surface area contributed by atoms with Crippen LogP contribution < -0.4 is 0 Å². The van der Waals surface area contributed by atoms with Gasteiger partial charge in [-0.25, -0.2) is 9.18 Å². The Kier molecular flexibility index (Phi) is 9.35. The van der Waals surface area contributed by atoms with Crippen molar-refractivity contribution >= 4 is 17.3 Å². The Morgan fingerprint density at radius 2 is 2.07 bits per heavy atom. The summed E-state index contributed by atoms with van der Waals surface area (Å²) in [6.45, 7) is 6.56. The third-order valence-electron chi connectivity index (χ3n) is 6.86. The Bertz CT molecular complexity index is 672. The second-order valence-electron chi connectivity index (χ2n) is 8.77. The van der Waals surface area contributed by atoms with E-state index in [2.05, 4.69) is 26.0 Å². The molecule has 1 aromatic rings. The van der Waals surface area contributed by atoms with E-state index in [0.29, 0.717) is 0 Å². The summed E-state index contributed by atoms with van der Waals surface area (Å²) in [6.07, 6.45) is 16.1. The normalized spacial score (nSPS) is 24.0. The van der Waals surface area contributed by atoms with Crippen LogP contribution in [-0.2, 0) is 6.42 Å². The zero-order chi connectivity index (χ0) is 21.4. The highest BCUT2D eigenvalue weighted by Crippen LogP contribution is 2.47. The molecule has 5 heteroatoms. The van der Waals surface area contributed by atoms with Gasteiger partial charge < -0.3 is 10.2 Å². The number of carbonyl (C=O) groups is 1. The van der Waals surface area contributed by atoms with E-state index in [1.807, 2.05) is 6.92 Å². The highest BCUT2D eigenvalue weighted by Gasteiger charge is 2.40. The fourth-order valence-corrected chi connectivity index (χ4v) is 5.55. The predicted octanol–water partition coefficient (Wildman–Crippen LogP) is 6.85. The number of aromatic carboxylic acids is 1. The lowest BCUT2D eigenvalue weighted by Gasteiger charge is -2.45. The number of aryl methyl sites for hydroxylation is 1. The van der Waals surface area contributed by atoms with Gasteiger partial charge in [-0.2, -0.15) is 0 Å². The van der Waals surface area contributed by atoms with Crippen molar-refractivity contribution in [2.24, 2.45) is 17.3 Å². The first-order valence-corrected chi connectivity index (χ1v) is 12.0. The van der Waals surface area contributed by atoms with Crippen LogP contribution in [0.25, 0.3) is 0 Å². The number of allylic oxidation sites excluding steroid dienone is 1. The summed E-state index contributed by atoms with van der Waals surface area (Å²) in [6, 6.07) is 1.30. The lowest BCUT2D eigenvalue weighted by molar-refractivity contribution is -0.0355. The Labute approximate surface area is 179 Å². The predicted molar refractivity (Wildman–Crippen MR) is 118 cm³/mol. The van der Waals surface area contributed by atoms with Gasteiger partial charge in [-0.05, 0) is 61.8 Å². The Morgan fingerprint density at radius 1 is 1.34 bits per heavy atom. The van der Waals surface area contributed by atoms with E-state index < -0.39 is 11.8 Å². The molecule has 2 aliphatic rings. The van der Waals surface area contributed by atoms with Crippen LogP contribution in [0.3, 0.4) is 0 Å². The molecule has 1 aromatic heterocycles. The summed E-state index contributed by atoms with van der Waals surface area (Å²) in [5.74, 6) is -0.163. The van der Waals surface area contributed by atoms with Gasteiger partial charge in [0.15, 0.2) is 0 Å². The first-order chi connectivity index (χ1) is 13.8. The number of carboxylic acids is 1. The zero-order valence-corrected chi connectivity index (χ0v) is 18.9. The largest absolute Gasteiger partial charge is 0.477 e. The number of hydrogen-bond donors (Lipinski definition) is 2. The van der Waals surface area contributed by atoms with Crippen molar-refractivity contribution in [3.8, 4) is 0 Å². The minimum absolute atomic E-state index is 0.103. The third-order valence-corrected chi connectivity index (χ3v) is 8.02. The van der Waals surface area contributed by atoms with Crippen molar-refractivity contribution in [3.05, 3.63) is 33.8 Å². The van der Waals surface area contributed by atoms with Crippen LogP contribution >= 0.6 is 11.3 Å². The molecule has 29 heavy (non-hydrogen) atoms. The van der Waals surface area contributed by atoms with Gasteiger partial charge in [-0.1, -0.05) is 58.6 Å². The Morgan fingerprint density at radius 3 is 2.52 bits per heavy atom. The van der Waals surface area contributed by atoms with E-state index in [1.165, 1.54) is 44.6 Å². The Hall–Kier alpha value is -1.20. The molecule has 164 valence electrons. The van der Waals surface area contributed by atoms with E-state index >= 15 is 0 Å². The van der Waals surface area contributed by atoms with Crippen LogP contribution in [0.1, 0.15) is 93.1 Å². The molecule has 2 fully saturated rings. The standard InChI is InChI=1S/C16H28O.C8H9FO2S/c1-3-16(11-6-12-16)15(17)10-5-9-14-8-4-7-13(14)2;1-2-3-5-4-6(9)7(12-5)8(10)11/h5,9,13-15,17H,3-4,6-8,10-12H2,1-2H3;4H,2-3H2,1H3,(H,10,11)/b9-5+;. The van der Waals surface area contributed by atoms with Crippen molar-refractivity contribution in [1.29, 1.82) is 0 Å². The van der Waals surface area contributed by atoms with Gasteiger partial charge in [0, 0.05) is 4.88 Å². The van der Waals surface area contributed by atoms with Crippen molar-refractivity contribution in [2.45, 2.75) is 91.1 Å². The number of hydrogen-bond acceptors (Lipinski definition) is 3. The van der Waals surface area contributed by atoms with Gasteiger partial charge >= 0.3 is 5.97 Å². The molecule has 0 spiro atoms. The molecule has 0 aromatic carbocycles. The SMILES string of the molecule is CCC1(C(O)C/C=C/C2CCCC2C)CCC1.CCCc1cc(F)c(C(=O)O)s1. The van der Waals surface area contributed by atoms with Crippen molar-refractivity contribution in [1.82, 2.24) is 0 Å². The van der Waals surface area contributed by atoms with Gasteiger partial charge in [0.1, 0.15) is 10.7 Å². The number of aliphatic hydroxyl groups is 1. The van der Waals surface area contributed by atoms with Crippen LogP contribution in [0.4, 0.5) is 4.39 Å². The second kappa shape index (κ2) is 11.3. The van der Waals surface area contributed by atoms with E-state index in [9.17, 15) is 14.3 Å². The van der Waals surface area contributed by atoms with Crippen LogP contribution in [-0.4, -0.2) is 22.3 Å². The molecule has 2 N–H and O–H groups in total. The summed E-state index contributed by atoms with van der Waals surface area (Å²) in [7, 11) is 0. The highest BCUT2D eigenvalue weighted by molar-refractivity contribution is 7.13. The average Bonchev–Trinajstić information content (AvgIpc) is 3.21. The fourth-order valence-electron chi connectivity index (χ4n) is 4.58. The minimum Gasteiger partial charge on any atom is -0.477 e. The molecule has 3 rings (SSSR count). The topological polar surface area (TPSA) is 57.5 Å². The van der Waals surface area contributed by atoms with Gasteiger partial charge in [-0.15, -0.1) is 11.3 Å². The number of aliphatic hydroxyl groups excluding tert-OH is 1. The number of carboxylic acid groups (broad SMARTS) is 1. The first kappa shape index (κ1) is 24.1. The number of rotatable bonds is 8. The average molecular weight is 425 g/mol. The first-order valence-electron chi connectivity index (χ1n) is 11.2. The van der Waals surface area contributed by atoms with Gasteiger partial charge in [-0.3, -0.25) is 0 Å². The fraction of sp³-hybridized carbons (Fsp3) is 0.708. The molecule has 3 nitrogen and oxygen atoms in total. The number of halogens is 1. The summed E-state index contributed by atoms with van der Waals surface area (Å²) in [5, 5.41) is 18.8. The summed E-state index contributed by atoms with van der Waals surface area (Å²) < 4.78 is 12.8. The van der Waals surface area contributed by atoms with Crippen LogP contribution in [0.15, 0.2) is 18.2 Å². The van der Waals surface area contributed by atoms with Gasteiger partial charge in [0.05, 0.1) is 6.10 Å². The second-order valence-corrected chi connectivity index (χ2v) is 9.90. The molecular formula is C24H37FO3S. The molecule has 1 heterocycles. The maximum atomic E-state index is 12.8. The third kappa shape index (κ3) is 6.39. The summed E-state index contributed by atoms with van der Waals surface area (Å²) in [5.41, 5.74) is 0.269. The Balaban J connectivity index is 0.000000221. The molecular weight excluding hydrogens is 387 g/mol. The maximum Gasteiger partial charge on any atom is 0.348 e. The molecule has 0 amide bonds. The van der Waals surface area contributed by atoms with E-state index in [0.717, 1.165) is 53.7 Å². The molecule has 0 bridgehead atoms. The van der Waals surface area contributed by atoms with Crippen LogP contribution in [0.5, 0.6) is 0 Å².